The Morgan fingerprint density at radius 2 is 1.63 bits per heavy atom. The second-order valence-electron chi connectivity index (χ2n) is 3.74. The third kappa shape index (κ3) is 4.05. The van der Waals surface area contributed by atoms with Crippen molar-refractivity contribution in [2.24, 2.45) is 0 Å². The first-order valence-corrected chi connectivity index (χ1v) is 7.94. The molecule has 2 nitrogen and oxygen atoms in total. The Morgan fingerprint density at radius 1 is 1.00 bits per heavy atom. The van der Waals surface area contributed by atoms with E-state index >= 15 is 0 Å². The van der Waals surface area contributed by atoms with Crippen molar-refractivity contribution in [2.75, 3.05) is 5.32 Å². The smallest absolute Gasteiger partial charge is 0.255 e. The number of nitrogens with one attached hydrogen (secondary N) is 1. The molecule has 0 aromatic heterocycles. The molecule has 2 aromatic rings. The monoisotopic (exact) mass is 465 g/mol. The zero-order valence-corrected chi connectivity index (χ0v) is 14.9. The highest BCUT2D eigenvalue weighted by molar-refractivity contribution is 9.11. The molecule has 0 heterocycles. The molecule has 2 aromatic carbocycles. The average molecular weight is 468 g/mol. The normalized spacial score (nSPS) is 10.3. The SMILES string of the molecule is O=C(Nc1ccc(Cl)cc1Br)c1cc(Br)cc(Br)c1. The van der Waals surface area contributed by atoms with Gasteiger partial charge in [-0.05, 0) is 52.3 Å². The van der Waals surface area contributed by atoms with Crippen LogP contribution < -0.4 is 5.32 Å². The minimum atomic E-state index is -0.190. The molecule has 0 aliphatic carbocycles. The van der Waals surface area contributed by atoms with Gasteiger partial charge in [-0.15, -0.1) is 0 Å². The summed E-state index contributed by atoms with van der Waals surface area (Å²) in [6, 6.07) is 10.6. The molecule has 0 spiro atoms. The molecule has 0 aliphatic heterocycles. The number of amides is 1. The van der Waals surface area contributed by atoms with Crippen LogP contribution in [0, 0.1) is 0 Å². The minimum absolute atomic E-state index is 0.190. The maximum atomic E-state index is 12.1. The lowest BCUT2D eigenvalue weighted by molar-refractivity contribution is 0.102. The summed E-state index contributed by atoms with van der Waals surface area (Å²) in [5, 5.41) is 3.43. The number of carbonyl (C=O) groups is 1. The molecule has 0 saturated carbocycles. The van der Waals surface area contributed by atoms with Gasteiger partial charge in [0.05, 0.1) is 5.69 Å². The van der Waals surface area contributed by atoms with Gasteiger partial charge < -0.3 is 5.32 Å². The Morgan fingerprint density at radius 3 is 2.21 bits per heavy atom. The first kappa shape index (κ1) is 15.0. The third-order valence-electron chi connectivity index (χ3n) is 2.30. The lowest BCUT2D eigenvalue weighted by Crippen LogP contribution is -2.12. The number of anilines is 1. The van der Waals surface area contributed by atoms with Crippen molar-refractivity contribution in [2.45, 2.75) is 0 Å². The summed E-state index contributed by atoms with van der Waals surface area (Å²) in [7, 11) is 0. The van der Waals surface area contributed by atoms with Crippen molar-refractivity contribution in [3.05, 3.63) is 60.4 Å². The Bertz CT molecular complexity index is 626. The zero-order chi connectivity index (χ0) is 14.0. The molecule has 0 fully saturated rings. The topological polar surface area (TPSA) is 29.1 Å². The number of rotatable bonds is 2. The van der Waals surface area contributed by atoms with Crippen molar-refractivity contribution in [3.8, 4) is 0 Å². The van der Waals surface area contributed by atoms with E-state index in [1.807, 2.05) is 6.07 Å². The van der Waals surface area contributed by atoms with Crippen LogP contribution in [0.4, 0.5) is 5.69 Å². The van der Waals surface area contributed by atoms with Gasteiger partial charge in [-0.2, -0.15) is 0 Å². The summed E-state index contributed by atoms with van der Waals surface area (Å²) >= 11 is 15.9. The predicted octanol–water partition coefficient (Wildman–Crippen LogP) is 5.88. The highest BCUT2D eigenvalue weighted by Gasteiger charge is 2.10. The van der Waals surface area contributed by atoms with E-state index in [0.717, 1.165) is 13.4 Å². The van der Waals surface area contributed by atoms with Crippen molar-refractivity contribution < 1.29 is 4.79 Å². The molecule has 19 heavy (non-hydrogen) atoms. The second kappa shape index (κ2) is 6.39. The van der Waals surface area contributed by atoms with Crippen LogP contribution in [0.5, 0.6) is 0 Å². The van der Waals surface area contributed by atoms with Gasteiger partial charge in [0.1, 0.15) is 0 Å². The maximum Gasteiger partial charge on any atom is 0.255 e. The van der Waals surface area contributed by atoms with Gasteiger partial charge in [-0.3, -0.25) is 4.79 Å². The largest absolute Gasteiger partial charge is 0.321 e. The molecule has 0 aliphatic rings. The molecule has 0 bridgehead atoms. The van der Waals surface area contributed by atoms with E-state index in [2.05, 4.69) is 53.1 Å². The van der Waals surface area contributed by atoms with E-state index in [1.165, 1.54) is 0 Å². The Hall–Kier alpha value is -0.360. The van der Waals surface area contributed by atoms with E-state index < -0.39 is 0 Å². The fraction of sp³-hybridized carbons (Fsp3) is 0. The Kier molecular flexibility index (Phi) is 5.06. The van der Waals surface area contributed by atoms with Crippen LogP contribution in [0.1, 0.15) is 10.4 Å². The summed E-state index contributed by atoms with van der Waals surface area (Å²) in [6.45, 7) is 0. The number of benzene rings is 2. The van der Waals surface area contributed by atoms with E-state index in [-0.39, 0.29) is 5.91 Å². The predicted molar refractivity (Wildman–Crippen MR) is 88.9 cm³/mol. The molecule has 98 valence electrons. The summed E-state index contributed by atoms with van der Waals surface area (Å²) in [5.74, 6) is -0.190. The first-order chi connectivity index (χ1) is 8.95. The van der Waals surface area contributed by atoms with Crippen LogP contribution in [0.15, 0.2) is 49.8 Å². The lowest BCUT2D eigenvalue weighted by Gasteiger charge is -2.08. The van der Waals surface area contributed by atoms with Gasteiger partial charge in [0.2, 0.25) is 0 Å². The third-order valence-corrected chi connectivity index (χ3v) is 4.11. The van der Waals surface area contributed by atoms with E-state index in [9.17, 15) is 4.79 Å². The molecule has 1 N–H and O–H groups in total. The highest BCUT2D eigenvalue weighted by Crippen LogP contribution is 2.27. The van der Waals surface area contributed by atoms with Crippen LogP contribution in [-0.2, 0) is 0 Å². The Balaban J connectivity index is 2.25. The molecule has 1 amide bonds. The minimum Gasteiger partial charge on any atom is -0.321 e. The van der Waals surface area contributed by atoms with Crippen LogP contribution in [0.2, 0.25) is 5.02 Å². The summed E-state index contributed by atoms with van der Waals surface area (Å²) in [5.41, 5.74) is 1.23. The van der Waals surface area contributed by atoms with E-state index in [4.69, 9.17) is 11.6 Å². The van der Waals surface area contributed by atoms with Gasteiger partial charge >= 0.3 is 0 Å². The van der Waals surface area contributed by atoms with Crippen LogP contribution >= 0.6 is 59.4 Å². The zero-order valence-electron chi connectivity index (χ0n) is 9.38. The maximum absolute atomic E-state index is 12.1. The molecule has 0 saturated heterocycles. The van der Waals surface area contributed by atoms with Crippen molar-refractivity contribution >= 4 is 71.0 Å². The molecule has 6 heteroatoms. The van der Waals surface area contributed by atoms with Crippen LogP contribution in [-0.4, -0.2) is 5.91 Å². The molecule has 0 radical (unpaired) electrons. The van der Waals surface area contributed by atoms with E-state index in [0.29, 0.717) is 16.3 Å². The fourth-order valence-electron chi connectivity index (χ4n) is 1.47. The van der Waals surface area contributed by atoms with Gasteiger partial charge in [-0.25, -0.2) is 0 Å². The summed E-state index contributed by atoms with van der Waals surface area (Å²) < 4.78 is 2.41. The highest BCUT2D eigenvalue weighted by atomic mass is 79.9. The number of hydrogen-bond donors (Lipinski definition) is 1. The van der Waals surface area contributed by atoms with Gasteiger partial charge in [0.25, 0.3) is 5.91 Å². The lowest BCUT2D eigenvalue weighted by atomic mass is 10.2. The van der Waals surface area contributed by atoms with E-state index in [1.54, 1.807) is 30.3 Å². The molecular formula is C13H7Br3ClNO. The van der Waals surface area contributed by atoms with Gasteiger partial charge in [0.15, 0.2) is 0 Å². The van der Waals surface area contributed by atoms with Gasteiger partial charge in [-0.1, -0.05) is 43.5 Å². The van der Waals surface area contributed by atoms with Crippen LogP contribution in [0.25, 0.3) is 0 Å². The number of carbonyl (C=O) groups excluding carboxylic acids is 1. The quantitative estimate of drug-likeness (QED) is 0.586. The number of halogens is 4. The standard InChI is InChI=1S/C13H7Br3ClNO/c14-8-3-7(4-9(15)5-8)13(19)18-12-2-1-10(17)6-11(12)16/h1-6H,(H,18,19). The Labute approximate surface area is 140 Å². The van der Waals surface area contributed by atoms with Crippen molar-refractivity contribution in [3.63, 3.8) is 0 Å². The van der Waals surface area contributed by atoms with Crippen molar-refractivity contribution in [1.82, 2.24) is 0 Å². The van der Waals surface area contributed by atoms with Crippen LogP contribution in [0.3, 0.4) is 0 Å². The molecule has 2 rings (SSSR count). The molecule has 0 atom stereocenters. The first-order valence-electron chi connectivity index (χ1n) is 5.18. The fourth-order valence-corrected chi connectivity index (χ4v) is 3.55. The molecular weight excluding hydrogens is 461 g/mol. The number of hydrogen-bond acceptors (Lipinski definition) is 1. The summed E-state index contributed by atoms with van der Waals surface area (Å²) in [6.07, 6.45) is 0. The average Bonchev–Trinajstić information content (AvgIpc) is 2.31. The van der Waals surface area contributed by atoms with Crippen molar-refractivity contribution in [1.29, 1.82) is 0 Å². The summed E-state index contributed by atoms with van der Waals surface area (Å²) in [4.78, 5) is 12.1. The second-order valence-corrected chi connectivity index (χ2v) is 6.86. The van der Waals surface area contributed by atoms with Gasteiger partial charge in [0, 0.05) is 24.0 Å². The molecule has 0 unspecified atom stereocenters.